The van der Waals surface area contributed by atoms with E-state index in [9.17, 15) is 0 Å². The zero-order chi connectivity index (χ0) is 11.5. The van der Waals surface area contributed by atoms with E-state index in [1.807, 2.05) is 18.7 Å². The number of nitrogens with one attached hydrogen (secondary N) is 1. The molecule has 0 saturated carbocycles. The number of hydrogen-bond donors (Lipinski definition) is 1. The van der Waals surface area contributed by atoms with Gasteiger partial charge < -0.3 is 5.32 Å². The first-order valence-electron chi connectivity index (χ1n) is 6.10. The standard InChI is InChI=1S/C12H20ClN3/c1-9-12(13)11(16(2)15-9)8-10-6-4-3-5-7-14-10/h10,14H,3-8H2,1-2H3. The lowest BCUT2D eigenvalue weighted by Gasteiger charge is -2.15. The summed E-state index contributed by atoms with van der Waals surface area (Å²) in [6, 6.07) is 0.565. The van der Waals surface area contributed by atoms with E-state index in [-0.39, 0.29) is 0 Å². The molecular weight excluding hydrogens is 222 g/mol. The second-order valence-electron chi connectivity index (χ2n) is 4.67. The third-order valence-electron chi connectivity index (χ3n) is 3.36. The van der Waals surface area contributed by atoms with Gasteiger partial charge in [-0.3, -0.25) is 4.68 Å². The van der Waals surface area contributed by atoms with E-state index in [4.69, 9.17) is 11.6 Å². The lowest BCUT2D eigenvalue weighted by atomic mass is 10.1. The van der Waals surface area contributed by atoms with Crippen molar-refractivity contribution in [3.05, 3.63) is 16.4 Å². The molecule has 16 heavy (non-hydrogen) atoms. The van der Waals surface area contributed by atoms with Gasteiger partial charge in [0.15, 0.2) is 0 Å². The third kappa shape index (κ3) is 2.58. The van der Waals surface area contributed by atoms with E-state index in [1.165, 1.54) is 31.4 Å². The van der Waals surface area contributed by atoms with Crippen LogP contribution in [0, 0.1) is 6.92 Å². The van der Waals surface area contributed by atoms with Gasteiger partial charge in [0.2, 0.25) is 0 Å². The molecule has 0 amide bonds. The minimum atomic E-state index is 0.565. The first kappa shape index (κ1) is 11.9. The molecule has 2 heterocycles. The summed E-state index contributed by atoms with van der Waals surface area (Å²) in [5, 5.41) is 8.79. The van der Waals surface area contributed by atoms with E-state index in [0.717, 1.165) is 23.7 Å². The topological polar surface area (TPSA) is 29.9 Å². The predicted octanol–water partition coefficient (Wildman–Crippen LogP) is 2.46. The summed E-state index contributed by atoms with van der Waals surface area (Å²) in [4.78, 5) is 0. The first-order chi connectivity index (χ1) is 7.68. The fraction of sp³-hybridized carbons (Fsp3) is 0.750. The van der Waals surface area contributed by atoms with Crippen molar-refractivity contribution in [1.29, 1.82) is 0 Å². The molecule has 1 atom stereocenters. The Balaban J connectivity index is 2.07. The highest BCUT2D eigenvalue weighted by atomic mass is 35.5. The molecular formula is C12H20ClN3. The molecule has 0 radical (unpaired) electrons. The van der Waals surface area contributed by atoms with Gasteiger partial charge in [0.25, 0.3) is 0 Å². The average Bonchev–Trinajstić information content (AvgIpc) is 2.51. The Bertz CT molecular complexity index is 351. The normalized spacial score (nSPS) is 22.1. The Hall–Kier alpha value is -0.540. The summed E-state index contributed by atoms with van der Waals surface area (Å²) < 4.78 is 1.92. The fourth-order valence-electron chi connectivity index (χ4n) is 2.41. The van der Waals surface area contributed by atoms with E-state index >= 15 is 0 Å². The molecule has 90 valence electrons. The highest BCUT2D eigenvalue weighted by Gasteiger charge is 2.17. The fourth-order valence-corrected chi connectivity index (χ4v) is 2.65. The Labute approximate surface area is 102 Å². The second-order valence-corrected chi connectivity index (χ2v) is 5.05. The molecule has 1 unspecified atom stereocenters. The SMILES string of the molecule is Cc1nn(C)c(CC2CCCCCN2)c1Cl. The van der Waals surface area contributed by atoms with Crippen molar-refractivity contribution in [1.82, 2.24) is 15.1 Å². The number of rotatable bonds is 2. The van der Waals surface area contributed by atoms with Crippen LogP contribution in [0.2, 0.25) is 5.02 Å². The van der Waals surface area contributed by atoms with Crippen LogP contribution in [0.5, 0.6) is 0 Å². The van der Waals surface area contributed by atoms with E-state index in [1.54, 1.807) is 0 Å². The predicted molar refractivity (Wildman–Crippen MR) is 66.9 cm³/mol. The van der Waals surface area contributed by atoms with Crippen molar-refractivity contribution in [3.63, 3.8) is 0 Å². The van der Waals surface area contributed by atoms with Crippen LogP contribution in [-0.2, 0) is 13.5 Å². The number of halogens is 1. The van der Waals surface area contributed by atoms with Gasteiger partial charge in [-0.15, -0.1) is 0 Å². The van der Waals surface area contributed by atoms with Gasteiger partial charge in [-0.25, -0.2) is 0 Å². The lowest BCUT2D eigenvalue weighted by molar-refractivity contribution is 0.492. The van der Waals surface area contributed by atoms with Crippen molar-refractivity contribution >= 4 is 11.6 Å². The number of nitrogens with zero attached hydrogens (tertiary/aromatic N) is 2. The molecule has 1 aromatic heterocycles. The van der Waals surface area contributed by atoms with Gasteiger partial charge in [0.05, 0.1) is 16.4 Å². The van der Waals surface area contributed by atoms with Gasteiger partial charge in [-0.2, -0.15) is 5.10 Å². The minimum absolute atomic E-state index is 0.565. The van der Waals surface area contributed by atoms with Crippen LogP contribution in [-0.4, -0.2) is 22.4 Å². The number of aryl methyl sites for hydroxylation is 2. The Kier molecular flexibility index (Phi) is 3.87. The summed E-state index contributed by atoms with van der Waals surface area (Å²) >= 11 is 6.26. The first-order valence-corrected chi connectivity index (χ1v) is 6.47. The maximum Gasteiger partial charge on any atom is 0.0847 e. The van der Waals surface area contributed by atoms with Gasteiger partial charge in [0.1, 0.15) is 0 Å². The Morgan fingerprint density at radius 2 is 2.25 bits per heavy atom. The van der Waals surface area contributed by atoms with Gasteiger partial charge in [-0.05, 0) is 26.3 Å². The minimum Gasteiger partial charge on any atom is -0.314 e. The molecule has 1 saturated heterocycles. The molecule has 0 spiro atoms. The summed E-state index contributed by atoms with van der Waals surface area (Å²) in [7, 11) is 1.98. The van der Waals surface area contributed by atoms with Crippen LogP contribution in [0.4, 0.5) is 0 Å². The number of aromatic nitrogens is 2. The molecule has 1 aromatic rings. The maximum absolute atomic E-state index is 6.26. The molecule has 0 aromatic carbocycles. The van der Waals surface area contributed by atoms with Crippen molar-refractivity contribution in [3.8, 4) is 0 Å². The smallest absolute Gasteiger partial charge is 0.0847 e. The van der Waals surface area contributed by atoms with E-state index < -0.39 is 0 Å². The summed E-state index contributed by atoms with van der Waals surface area (Å²) in [6.45, 7) is 3.10. The molecule has 1 N–H and O–H groups in total. The second kappa shape index (κ2) is 5.19. The van der Waals surface area contributed by atoms with Crippen molar-refractivity contribution in [2.24, 2.45) is 7.05 Å². The monoisotopic (exact) mass is 241 g/mol. The average molecular weight is 242 g/mol. The Morgan fingerprint density at radius 1 is 1.44 bits per heavy atom. The molecule has 4 heteroatoms. The molecule has 1 aliphatic rings. The number of hydrogen-bond acceptors (Lipinski definition) is 2. The van der Waals surface area contributed by atoms with Crippen LogP contribution in [0.25, 0.3) is 0 Å². The highest BCUT2D eigenvalue weighted by molar-refractivity contribution is 6.31. The van der Waals surface area contributed by atoms with E-state index in [0.29, 0.717) is 6.04 Å². The van der Waals surface area contributed by atoms with Crippen molar-refractivity contribution in [2.45, 2.75) is 45.1 Å². The largest absolute Gasteiger partial charge is 0.314 e. The lowest BCUT2D eigenvalue weighted by Crippen LogP contribution is -2.31. The Morgan fingerprint density at radius 3 is 2.94 bits per heavy atom. The molecule has 2 rings (SSSR count). The van der Waals surface area contributed by atoms with Crippen molar-refractivity contribution < 1.29 is 0 Å². The van der Waals surface area contributed by atoms with Crippen LogP contribution in [0.3, 0.4) is 0 Å². The van der Waals surface area contributed by atoms with Crippen molar-refractivity contribution in [2.75, 3.05) is 6.54 Å². The summed E-state index contributed by atoms with van der Waals surface area (Å²) in [6.07, 6.45) is 6.22. The maximum atomic E-state index is 6.26. The van der Waals surface area contributed by atoms with Crippen LogP contribution in [0.15, 0.2) is 0 Å². The quantitative estimate of drug-likeness (QED) is 0.862. The molecule has 0 aliphatic carbocycles. The van der Waals surface area contributed by atoms with E-state index in [2.05, 4.69) is 10.4 Å². The van der Waals surface area contributed by atoms with Gasteiger partial charge >= 0.3 is 0 Å². The van der Waals surface area contributed by atoms with Gasteiger partial charge in [0, 0.05) is 19.5 Å². The molecule has 1 aliphatic heterocycles. The highest BCUT2D eigenvalue weighted by Crippen LogP contribution is 2.22. The van der Waals surface area contributed by atoms with Crippen LogP contribution < -0.4 is 5.32 Å². The van der Waals surface area contributed by atoms with Gasteiger partial charge in [-0.1, -0.05) is 24.4 Å². The zero-order valence-electron chi connectivity index (χ0n) is 10.1. The summed E-state index contributed by atoms with van der Waals surface area (Å²) in [5.74, 6) is 0. The molecule has 0 bridgehead atoms. The molecule has 1 fully saturated rings. The summed E-state index contributed by atoms with van der Waals surface area (Å²) in [5.41, 5.74) is 2.10. The third-order valence-corrected chi connectivity index (χ3v) is 3.86. The van der Waals surface area contributed by atoms with Crippen LogP contribution >= 0.6 is 11.6 Å². The van der Waals surface area contributed by atoms with Crippen LogP contribution in [0.1, 0.15) is 37.1 Å². The zero-order valence-corrected chi connectivity index (χ0v) is 10.8. The molecule has 3 nitrogen and oxygen atoms in total.